The number of rotatable bonds is 3. The fourth-order valence-electron chi connectivity index (χ4n) is 2.23. The van der Waals surface area contributed by atoms with Gasteiger partial charge in [0.15, 0.2) is 11.5 Å². The van der Waals surface area contributed by atoms with Gasteiger partial charge in [0, 0.05) is 22.6 Å². The van der Waals surface area contributed by atoms with Gasteiger partial charge in [-0.25, -0.2) is 0 Å². The van der Waals surface area contributed by atoms with Crippen LogP contribution in [0.25, 0.3) is 0 Å². The van der Waals surface area contributed by atoms with Gasteiger partial charge in [-0.15, -0.1) is 0 Å². The van der Waals surface area contributed by atoms with E-state index in [0.29, 0.717) is 13.2 Å². The van der Waals surface area contributed by atoms with Gasteiger partial charge in [-0.3, -0.25) is 0 Å². The van der Waals surface area contributed by atoms with E-state index in [2.05, 4.69) is 40.3 Å². The summed E-state index contributed by atoms with van der Waals surface area (Å²) in [5.41, 5.74) is 2.25. The quantitative estimate of drug-likeness (QED) is 0.903. The monoisotopic (exact) mass is 333 g/mol. The Bertz CT molecular complexity index is 601. The van der Waals surface area contributed by atoms with Crippen molar-refractivity contribution in [3.63, 3.8) is 0 Å². The van der Waals surface area contributed by atoms with E-state index in [-0.39, 0.29) is 6.04 Å². The molecule has 4 heteroatoms. The first-order valence-electron chi connectivity index (χ1n) is 6.64. The lowest BCUT2D eigenvalue weighted by molar-refractivity contribution is 0.171. The molecule has 0 aliphatic carbocycles. The topological polar surface area (TPSA) is 30.5 Å². The fourth-order valence-corrected chi connectivity index (χ4v) is 2.67. The average molecular weight is 334 g/mol. The summed E-state index contributed by atoms with van der Waals surface area (Å²) in [4.78, 5) is 0. The van der Waals surface area contributed by atoms with Gasteiger partial charge >= 0.3 is 0 Å². The van der Waals surface area contributed by atoms with Crippen molar-refractivity contribution in [1.82, 2.24) is 0 Å². The summed E-state index contributed by atoms with van der Waals surface area (Å²) in [5, 5.41) is 3.49. The van der Waals surface area contributed by atoms with Crippen LogP contribution in [0, 0.1) is 0 Å². The van der Waals surface area contributed by atoms with E-state index >= 15 is 0 Å². The minimum atomic E-state index is 0.218. The van der Waals surface area contributed by atoms with Gasteiger partial charge in [0.25, 0.3) is 0 Å². The van der Waals surface area contributed by atoms with Gasteiger partial charge in [0.2, 0.25) is 0 Å². The van der Waals surface area contributed by atoms with Crippen molar-refractivity contribution in [3.8, 4) is 11.5 Å². The Kier molecular flexibility index (Phi) is 3.83. The molecule has 3 rings (SSSR count). The molecule has 3 nitrogen and oxygen atoms in total. The summed E-state index contributed by atoms with van der Waals surface area (Å²) in [6.07, 6.45) is 0. The lowest BCUT2D eigenvalue weighted by Gasteiger charge is -2.22. The number of anilines is 1. The first-order chi connectivity index (χ1) is 9.74. The number of ether oxygens (including phenoxy) is 2. The third-order valence-corrected chi connectivity index (χ3v) is 3.96. The summed E-state index contributed by atoms with van der Waals surface area (Å²) in [7, 11) is 0. The van der Waals surface area contributed by atoms with Crippen LogP contribution < -0.4 is 14.8 Å². The van der Waals surface area contributed by atoms with Crippen molar-refractivity contribution in [2.75, 3.05) is 18.5 Å². The highest BCUT2D eigenvalue weighted by Gasteiger charge is 2.16. The van der Waals surface area contributed by atoms with Crippen molar-refractivity contribution in [3.05, 3.63) is 52.5 Å². The number of benzene rings is 2. The van der Waals surface area contributed by atoms with Gasteiger partial charge < -0.3 is 14.8 Å². The predicted molar refractivity (Wildman–Crippen MR) is 83.6 cm³/mol. The molecule has 0 radical (unpaired) electrons. The predicted octanol–water partition coefficient (Wildman–Crippen LogP) is 4.39. The summed E-state index contributed by atoms with van der Waals surface area (Å²) >= 11 is 3.58. The van der Waals surface area contributed by atoms with Crippen LogP contribution in [0.3, 0.4) is 0 Å². The van der Waals surface area contributed by atoms with Crippen molar-refractivity contribution in [1.29, 1.82) is 0 Å². The van der Waals surface area contributed by atoms with Crippen LogP contribution in [-0.4, -0.2) is 13.2 Å². The fraction of sp³-hybridized carbons (Fsp3) is 0.250. The maximum Gasteiger partial charge on any atom is 0.163 e. The summed E-state index contributed by atoms with van der Waals surface area (Å²) in [5.74, 6) is 1.59. The number of hydrogen-bond donors (Lipinski definition) is 1. The molecule has 0 fully saturated rings. The van der Waals surface area contributed by atoms with E-state index in [9.17, 15) is 0 Å². The molecule has 0 bridgehead atoms. The van der Waals surface area contributed by atoms with Gasteiger partial charge in [0.1, 0.15) is 13.2 Å². The second-order valence-corrected chi connectivity index (χ2v) is 5.61. The first-order valence-corrected chi connectivity index (χ1v) is 7.44. The Labute approximate surface area is 127 Å². The minimum Gasteiger partial charge on any atom is -0.486 e. The molecule has 1 N–H and O–H groups in total. The molecule has 1 aliphatic heterocycles. The zero-order chi connectivity index (χ0) is 13.9. The van der Waals surface area contributed by atoms with E-state index in [4.69, 9.17) is 9.47 Å². The zero-order valence-electron chi connectivity index (χ0n) is 11.2. The third-order valence-electron chi connectivity index (χ3n) is 3.30. The smallest absolute Gasteiger partial charge is 0.163 e. The first kappa shape index (κ1) is 13.3. The molecular formula is C16H16BrNO2. The Hall–Kier alpha value is -1.68. The van der Waals surface area contributed by atoms with Crippen molar-refractivity contribution < 1.29 is 9.47 Å². The number of halogens is 1. The molecule has 1 unspecified atom stereocenters. The van der Waals surface area contributed by atoms with E-state index in [1.165, 1.54) is 5.56 Å². The van der Waals surface area contributed by atoms with E-state index < -0.39 is 0 Å². The SMILES string of the molecule is CC(Nc1cc2c(cc1Br)OCCO2)c1ccccc1. The zero-order valence-corrected chi connectivity index (χ0v) is 12.8. The number of hydrogen-bond acceptors (Lipinski definition) is 3. The summed E-state index contributed by atoms with van der Waals surface area (Å²) < 4.78 is 12.2. The lowest BCUT2D eigenvalue weighted by atomic mass is 10.1. The highest BCUT2D eigenvalue weighted by molar-refractivity contribution is 9.10. The molecule has 0 saturated heterocycles. The molecular weight excluding hydrogens is 318 g/mol. The molecule has 1 atom stereocenters. The highest BCUT2D eigenvalue weighted by Crippen LogP contribution is 2.39. The van der Waals surface area contributed by atoms with E-state index in [1.807, 2.05) is 30.3 Å². The second kappa shape index (κ2) is 5.75. The minimum absolute atomic E-state index is 0.218. The average Bonchev–Trinajstić information content (AvgIpc) is 2.49. The van der Waals surface area contributed by atoms with Gasteiger partial charge in [-0.05, 0) is 28.4 Å². The molecule has 1 heterocycles. The Morgan fingerprint density at radius 2 is 1.70 bits per heavy atom. The van der Waals surface area contributed by atoms with Crippen LogP contribution in [0.2, 0.25) is 0 Å². The van der Waals surface area contributed by atoms with Crippen LogP contribution >= 0.6 is 15.9 Å². The summed E-state index contributed by atoms with van der Waals surface area (Å²) in [6.45, 7) is 3.34. The van der Waals surface area contributed by atoms with E-state index in [0.717, 1.165) is 21.7 Å². The summed E-state index contributed by atoms with van der Waals surface area (Å²) in [6, 6.07) is 14.5. The molecule has 20 heavy (non-hydrogen) atoms. The second-order valence-electron chi connectivity index (χ2n) is 4.75. The Balaban J connectivity index is 1.84. The number of fused-ring (bicyclic) bond motifs is 1. The third kappa shape index (κ3) is 2.75. The van der Waals surface area contributed by atoms with Crippen LogP contribution in [0.4, 0.5) is 5.69 Å². The van der Waals surface area contributed by atoms with Crippen LogP contribution in [0.5, 0.6) is 11.5 Å². The molecule has 104 valence electrons. The molecule has 2 aromatic carbocycles. The molecule has 1 aliphatic rings. The molecule has 0 saturated carbocycles. The largest absolute Gasteiger partial charge is 0.486 e. The van der Waals surface area contributed by atoms with Crippen LogP contribution in [0.15, 0.2) is 46.9 Å². The van der Waals surface area contributed by atoms with Crippen molar-refractivity contribution >= 4 is 21.6 Å². The standard InChI is InChI=1S/C16H16BrNO2/c1-11(12-5-3-2-4-6-12)18-14-10-16-15(9-13(14)17)19-7-8-20-16/h2-6,9-11,18H,7-8H2,1H3. The van der Waals surface area contributed by atoms with Crippen LogP contribution in [-0.2, 0) is 0 Å². The van der Waals surface area contributed by atoms with Gasteiger partial charge in [0.05, 0.1) is 5.69 Å². The molecule has 0 aromatic heterocycles. The van der Waals surface area contributed by atoms with Crippen molar-refractivity contribution in [2.45, 2.75) is 13.0 Å². The molecule has 0 amide bonds. The highest BCUT2D eigenvalue weighted by atomic mass is 79.9. The number of nitrogens with one attached hydrogen (secondary N) is 1. The van der Waals surface area contributed by atoms with Crippen molar-refractivity contribution in [2.24, 2.45) is 0 Å². The normalized spacial score (nSPS) is 14.7. The maximum absolute atomic E-state index is 5.62. The molecule has 0 spiro atoms. The van der Waals surface area contributed by atoms with Gasteiger partial charge in [-0.2, -0.15) is 0 Å². The van der Waals surface area contributed by atoms with Crippen LogP contribution in [0.1, 0.15) is 18.5 Å². The maximum atomic E-state index is 5.62. The van der Waals surface area contributed by atoms with E-state index in [1.54, 1.807) is 0 Å². The Morgan fingerprint density at radius 1 is 1.05 bits per heavy atom. The molecule has 2 aromatic rings. The lowest BCUT2D eigenvalue weighted by Crippen LogP contribution is -2.16. The Morgan fingerprint density at radius 3 is 2.40 bits per heavy atom. The van der Waals surface area contributed by atoms with Gasteiger partial charge in [-0.1, -0.05) is 30.3 Å².